The van der Waals surface area contributed by atoms with Crippen LogP contribution in [0.1, 0.15) is 25.7 Å². The van der Waals surface area contributed by atoms with Gasteiger partial charge in [0.1, 0.15) is 5.75 Å². The Hall–Kier alpha value is -1.07. The molecule has 0 spiro atoms. The van der Waals surface area contributed by atoms with Gasteiger partial charge in [-0.1, -0.05) is 34.8 Å². The summed E-state index contributed by atoms with van der Waals surface area (Å²) in [6.45, 7) is -0.00380. The molecule has 20 heavy (non-hydrogen) atoms. The summed E-state index contributed by atoms with van der Waals surface area (Å²) in [5.41, 5.74) is 0. The number of aliphatic hydroxyl groups is 1. The van der Waals surface area contributed by atoms with E-state index in [9.17, 15) is 9.90 Å². The number of ether oxygens (including phenoxy) is 1. The number of rotatable bonds is 4. The van der Waals surface area contributed by atoms with Gasteiger partial charge in [-0.15, -0.1) is 0 Å². The molecule has 4 nitrogen and oxygen atoms in total. The van der Waals surface area contributed by atoms with Gasteiger partial charge in [-0.2, -0.15) is 0 Å². The van der Waals surface area contributed by atoms with Crippen LogP contribution in [-0.4, -0.2) is 41.7 Å². The van der Waals surface area contributed by atoms with Gasteiger partial charge in [-0.3, -0.25) is 4.79 Å². The second-order valence-corrected chi connectivity index (χ2v) is 6.09. The largest absolute Gasteiger partial charge is 0.484 e. The molecule has 110 valence electrons. The van der Waals surface area contributed by atoms with Gasteiger partial charge < -0.3 is 14.7 Å². The lowest BCUT2D eigenvalue weighted by Gasteiger charge is -2.35. The second-order valence-electron chi connectivity index (χ2n) is 5.17. The first-order valence-corrected chi connectivity index (χ1v) is 7.69. The fourth-order valence-corrected chi connectivity index (χ4v) is 2.91. The highest BCUT2D eigenvalue weighted by Crippen LogP contribution is 2.23. The highest BCUT2D eigenvalue weighted by Gasteiger charge is 2.29. The maximum Gasteiger partial charge on any atom is 0.260 e. The summed E-state index contributed by atoms with van der Waals surface area (Å²) in [5, 5.41) is 9.97. The quantitative estimate of drug-likeness (QED) is 0.915. The van der Waals surface area contributed by atoms with E-state index in [4.69, 9.17) is 4.74 Å². The predicted molar refractivity (Wildman–Crippen MR) is 80.7 cm³/mol. The molecule has 1 aromatic carbocycles. The summed E-state index contributed by atoms with van der Waals surface area (Å²) in [7, 11) is 1.74. The monoisotopic (exact) mass is 341 g/mol. The first kappa shape index (κ1) is 15.3. The second kappa shape index (κ2) is 7.09. The molecule has 1 aromatic rings. The molecule has 2 unspecified atom stereocenters. The summed E-state index contributed by atoms with van der Waals surface area (Å²) in [5.74, 6) is 0.557. The van der Waals surface area contributed by atoms with E-state index in [1.54, 1.807) is 11.9 Å². The van der Waals surface area contributed by atoms with E-state index < -0.39 is 6.10 Å². The SMILES string of the molecule is CN(C(=O)COc1cccc(Br)c1)C1CCCCC1O. The fourth-order valence-electron chi connectivity index (χ4n) is 2.53. The molecule has 0 aliphatic heterocycles. The summed E-state index contributed by atoms with van der Waals surface area (Å²) < 4.78 is 6.41. The fraction of sp³-hybridized carbons (Fsp3) is 0.533. The van der Waals surface area contributed by atoms with Gasteiger partial charge in [-0.05, 0) is 31.0 Å². The number of halogens is 1. The number of benzene rings is 1. The highest BCUT2D eigenvalue weighted by atomic mass is 79.9. The number of carbonyl (C=O) groups is 1. The van der Waals surface area contributed by atoms with E-state index in [1.165, 1.54) is 0 Å². The van der Waals surface area contributed by atoms with Crippen LogP contribution in [0, 0.1) is 0 Å². The minimum absolute atomic E-state index is 0.00380. The molecule has 1 aliphatic carbocycles. The highest BCUT2D eigenvalue weighted by molar-refractivity contribution is 9.10. The first-order valence-electron chi connectivity index (χ1n) is 6.90. The van der Waals surface area contributed by atoms with Crippen molar-refractivity contribution < 1.29 is 14.6 Å². The van der Waals surface area contributed by atoms with Crippen molar-refractivity contribution in [3.05, 3.63) is 28.7 Å². The number of aliphatic hydroxyl groups excluding tert-OH is 1. The van der Waals surface area contributed by atoms with Crippen LogP contribution < -0.4 is 4.74 Å². The maximum atomic E-state index is 12.1. The molecule has 1 aliphatic rings. The number of hydrogen-bond acceptors (Lipinski definition) is 3. The lowest BCUT2D eigenvalue weighted by Crippen LogP contribution is -2.47. The molecule has 0 saturated heterocycles. The third-order valence-electron chi connectivity index (χ3n) is 3.74. The molecule has 2 rings (SSSR count). The molecule has 0 aromatic heterocycles. The van der Waals surface area contributed by atoms with Crippen LogP contribution in [0.2, 0.25) is 0 Å². The van der Waals surface area contributed by atoms with Crippen LogP contribution in [0.4, 0.5) is 0 Å². The van der Waals surface area contributed by atoms with Gasteiger partial charge in [0.05, 0.1) is 12.1 Å². The number of likely N-dealkylation sites (N-methyl/N-ethyl adjacent to an activating group) is 1. The summed E-state index contributed by atoms with van der Waals surface area (Å²) in [4.78, 5) is 13.8. The van der Waals surface area contributed by atoms with E-state index in [-0.39, 0.29) is 18.6 Å². The molecule has 2 atom stereocenters. The zero-order chi connectivity index (χ0) is 14.5. The Morgan fingerprint density at radius 2 is 2.20 bits per heavy atom. The van der Waals surface area contributed by atoms with E-state index in [1.807, 2.05) is 24.3 Å². The van der Waals surface area contributed by atoms with Crippen molar-refractivity contribution in [1.82, 2.24) is 4.90 Å². The van der Waals surface area contributed by atoms with Crippen molar-refractivity contribution in [3.63, 3.8) is 0 Å². The van der Waals surface area contributed by atoms with Crippen LogP contribution in [0.15, 0.2) is 28.7 Å². The number of carbonyl (C=O) groups excluding carboxylic acids is 1. The van der Waals surface area contributed by atoms with Crippen LogP contribution in [0.3, 0.4) is 0 Å². The van der Waals surface area contributed by atoms with E-state index >= 15 is 0 Å². The van der Waals surface area contributed by atoms with Crippen molar-refractivity contribution in [3.8, 4) is 5.75 Å². The molecule has 1 amide bonds. The predicted octanol–water partition coefficient (Wildman–Crippen LogP) is 2.59. The molecule has 0 bridgehead atoms. The maximum absolute atomic E-state index is 12.1. The Bertz CT molecular complexity index is 466. The molecule has 1 saturated carbocycles. The summed E-state index contributed by atoms with van der Waals surface area (Å²) >= 11 is 3.36. The van der Waals surface area contributed by atoms with Crippen molar-refractivity contribution >= 4 is 21.8 Å². The van der Waals surface area contributed by atoms with Crippen LogP contribution in [0.25, 0.3) is 0 Å². The van der Waals surface area contributed by atoms with Gasteiger partial charge in [0.25, 0.3) is 5.91 Å². The van der Waals surface area contributed by atoms with E-state index in [0.717, 1.165) is 30.2 Å². The number of nitrogens with zero attached hydrogens (tertiary/aromatic N) is 1. The van der Waals surface area contributed by atoms with Crippen molar-refractivity contribution in [1.29, 1.82) is 0 Å². The molecular formula is C15H20BrNO3. The Kier molecular flexibility index (Phi) is 5.43. The molecule has 0 radical (unpaired) electrons. The van der Waals surface area contributed by atoms with Gasteiger partial charge in [0.2, 0.25) is 0 Å². The average Bonchev–Trinajstić information content (AvgIpc) is 2.44. The molecule has 1 fully saturated rings. The molecular weight excluding hydrogens is 322 g/mol. The van der Waals surface area contributed by atoms with Crippen molar-refractivity contribution in [2.75, 3.05) is 13.7 Å². The zero-order valence-corrected chi connectivity index (χ0v) is 13.2. The van der Waals surface area contributed by atoms with Gasteiger partial charge in [-0.25, -0.2) is 0 Å². The van der Waals surface area contributed by atoms with E-state index in [0.29, 0.717) is 5.75 Å². The van der Waals surface area contributed by atoms with Gasteiger partial charge in [0.15, 0.2) is 6.61 Å². The van der Waals surface area contributed by atoms with Gasteiger partial charge >= 0.3 is 0 Å². The van der Waals surface area contributed by atoms with Crippen LogP contribution in [-0.2, 0) is 4.79 Å². The minimum Gasteiger partial charge on any atom is -0.484 e. The van der Waals surface area contributed by atoms with E-state index in [2.05, 4.69) is 15.9 Å². The Labute approximate surface area is 127 Å². The standard InChI is InChI=1S/C15H20BrNO3/c1-17(13-7-2-3-8-14(13)18)15(19)10-20-12-6-4-5-11(16)9-12/h4-6,9,13-14,18H,2-3,7-8,10H2,1H3. The molecule has 0 heterocycles. The van der Waals surface area contributed by atoms with Crippen LogP contribution in [0.5, 0.6) is 5.75 Å². The smallest absolute Gasteiger partial charge is 0.260 e. The minimum atomic E-state index is -0.413. The Morgan fingerprint density at radius 1 is 1.45 bits per heavy atom. The first-order chi connectivity index (χ1) is 9.58. The summed E-state index contributed by atoms with van der Waals surface area (Å²) in [6, 6.07) is 7.32. The van der Waals surface area contributed by atoms with Gasteiger partial charge in [0, 0.05) is 11.5 Å². The summed E-state index contributed by atoms with van der Waals surface area (Å²) in [6.07, 6.45) is 3.32. The number of hydrogen-bond donors (Lipinski definition) is 1. The average molecular weight is 342 g/mol. The Balaban J connectivity index is 1.87. The lowest BCUT2D eigenvalue weighted by molar-refractivity contribution is -0.137. The third-order valence-corrected chi connectivity index (χ3v) is 4.24. The Morgan fingerprint density at radius 3 is 2.90 bits per heavy atom. The normalized spacial score (nSPS) is 22.4. The third kappa shape index (κ3) is 3.96. The van der Waals surface area contributed by atoms with Crippen LogP contribution >= 0.6 is 15.9 Å². The number of amides is 1. The van der Waals surface area contributed by atoms with Crippen molar-refractivity contribution in [2.45, 2.75) is 37.8 Å². The van der Waals surface area contributed by atoms with Crippen molar-refractivity contribution in [2.24, 2.45) is 0 Å². The lowest BCUT2D eigenvalue weighted by atomic mass is 9.91. The zero-order valence-electron chi connectivity index (χ0n) is 11.6. The topological polar surface area (TPSA) is 49.8 Å². The molecule has 5 heteroatoms. The molecule has 1 N–H and O–H groups in total.